The van der Waals surface area contributed by atoms with Crippen LogP contribution in [0.1, 0.15) is 52.5 Å². The summed E-state index contributed by atoms with van der Waals surface area (Å²) in [4.78, 5) is 30.2. The molecule has 2 fully saturated rings. The molecule has 6 heteroatoms. The molecule has 0 radical (unpaired) electrons. The third-order valence-electron chi connectivity index (χ3n) is 7.12. The maximum atomic E-state index is 13.3. The lowest BCUT2D eigenvalue weighted by atomic mass is 9.79. The van der Waals surface area contributed by atoms with E-state index in [1.54, 1.807) is 0 Å². The Morgan fingerprint density at radius 3 is 2.42 bits per heavy atom. The van der Waals surface area contributed by atoms with E-state index in [9.17, 15) is 9.59 Å². The minimum atomic E-state index is -0.442. The van der Waals surface area contributed by atoms with Crippen LogP contribution in [-0.4, -0.2) is 64.9 Å². The molecule has 0 saturated carbocycles. The van der Waals surface area contributed by atoms with Gasteiger partial charge in [-0.1, -0.05) is 36.4 Å². The van der Waals surface area contributed by atoms with Crippen molar-refractivity contribution in [3.8, 4) is 0 Å². The summed E-state index contributed by atoms with van der Waals surface area (Å²) in [6.45, 7) is 10.8. The van der Waals surface area contributed by atoms with Gasteiger partial charge < -0.3 is 15.5 Å². The normalized spacial score (nSPS) is 23.3. The van der Waals surface area contributed by atoms with Crippen LogP contribution in [0.2, 0.25) is 0 Å². The van der Waals surface area contributed by atoms with Gasteiger partial charge in [-0.15, -0.1) is 0 Å². The Morgan fingerprint density at radius 2 is 1.73 bits per heavy atom. The van der Waals surface area contributed by atoms with Crippen LogP contribution in [0.5, 0.6) is 0 Å². The number of amides is 2. The Morgan fingerprint density at radius 1 is 1.06 bits per heavy atom. The monoisotopic (exact) mass is 450 g/mol. The lowest BCUT2D eigenvalue weighted by Gasteiger charge is -2.49. The Hall–Kier alpha value is -2.44. The fourth-order valence-corrected chi connectivity index (χ4v) is 5.80. The van der Waals surface area contributed by atoms with E-state index in [1.165, 1.54) is 10.8 Å². The van der Waals surface area contributed by atoms with Crippen LogP contribution >= 0.6 is 0 Å². The molecule has 1 atom stereocenters. The van der Waals surface area contributed by atoms with Crippen molar-refractivity contribution >= 4 is 22.6 Å². The van der Waals surface area contributed by atoms with Crippen molar-refractivity contribution < 1.29 is 9.59 Å². The highest BCUT2D eigenvalue weighted by Crippen LogP contribution is 2.31. The molecule has 2 heterocycles. The number of carbonyl (C=O) groups excluding carboxylic acids is 2. The number of nitrogens with one attached hydrogen (secondary N) is 2. The van der Waals surface area contributed by atoms with E-state index < -0.39 is 6.04 Å². The highest BCUT2D eigenvalue weighted by molar-refractivity contribution is 5.89. The highest BCUT2D eigenvalue weighted by atomic mass is 16.2. The minimum Gasteiger partial charge on any atom is -0.353 e. The van der Waals surface area contributed by atoms with Crippen molar-refractivity contribution in [1.82, 2.24) is 20.4 Å². The molecule has 0 aliphatic carbocycles. The first kappa shape index (κ1) is 23.7. The summed E-state index contributed by atoms with van der Waals surface area (Å²) in [5.74, 6) is -0.00572. The number of hydrogen-bond acceptors (Lipinski definition) is 4. The second-order valence-electron chi connectivity index (χ2n) is 11.1. The van der Waals surface area contributed by atoms with Crippen LogP contribution < -0.4 is 10.6 Å². The molecule has 2 aliphatic heterocycles. The summed E-state index contributed by atoms with van der Waals surface area (Å²) in [5, 5.41) is 9.05. The van der Waals surface area contributed by atoms with Crippen molar-refractivity contribution in [3.63, 3.8) is 0 Å². The molecule has 6 nitrogen and oxygen atoms in total. The molecular weight excluding hydrogens is 412 g/mol. The maximum absolute atomic E-state index is 13.3. The van der Waals surface area contributed by atoms with Crippen molar-refractivity contribution in [2.75, 3.05) is 20.1 Å². The third kappa shape index (κ3) is 5.56. The molecule has 4 rings (SSSR count). The molecule has 2 aromatic rings. The van der Waals surface area contributed by atoms with E-state index in [-0.39, 0.29) is 35.4 Å². The first-order chi connectivity index (χ1) is 15.5. The SMILES string of the molecule is CN(C(=O)C[C@H]1C(=O)NCCN1Cc1ccc2ccccc2c1)C1CC(C)(C)NC(C)(C)C1. The smallest absolute Gasteiger partial charge is 0.237 e. The van der Waals surface area contributed by atoms with E-state index in [1.807, 2.05) is 24.1 Å². The number of piperazine rings is 1. The average Bonchev–Trinajstić information content (AvgIpc) is 2.73. The molecule has 0 aromatic heterocycles. The molecule has 0 unspecified atom stereocenters. The molecule has 0 spiro atoms. The van der Waals surface area contributed by atoms with Crippen LogP contribution in [-0.2, 0) is 16.1 Å². The highest BCUT2D eigenvalue weighted by Gasteiger charge is 2.41. The number of benzene rings is 2. The maximum Gasteiger partial charge on any atom is 0.237 e. The number of nitrogens with zero attached hydrogens (tertiary/aromatic N) is 2. The van der Waals surface area contributed by atoms with Gasteiger partial charge in [0.25, 0.3) is 0 Å². The summed E-state index contributed by atoms with van der Waals surface area (Å²) >= 11 is 0. The Labute approximate surface area is 197 Å². The Bertz CT molecular complexity index is 1020. The van der Waals surface area contributed by atoms with Gasteiger partial charge in [0, 0.05) is 43.8 Å². The average molecular weight is 451 g/mol. The molecule has 33 heavy (non-hydrogen) atoms. The first-order valence-corrected chi connectivity index (χ1v) is 12.1. The number of rotatable bonds is 5. The minimum absolute atomic E-state index is 0.0364. The zero-order chi connectivity index (χ0) is 23.8. The Balaban J connectivity index is 1.47. The van der Waals surface area contributed by atoms with Gasteiger partial charge in [-0.25, -0.2) is 0 Å². The van der Waals surface area contributed by atoms with Crippen LogP contribution in [0.25, 0.3) is 10.8 Å². The number of carbonyl (C=O) groups is 2. The predicted molar refractivity (Wildman–Crippen MR) is 133 cm³/mol. The van der Waals surface area contributed by atoms with E-state index in [4.69, 9.17) is 0 Å². The van der Waals surface area contributed by atoms with Gasteiger partial charge in [0.2, 0.25) is 11.8 Å². The lowest BCUT2D eigenvalue weighted by molar-refractivity contribution is -0.140. The molecule has 2 amide bonds. The van der Waals surface area contributed by atoms with Gasteiger partial charge in [0.05, 0.1) is 12.5 Å². The van der Waals surface area contributed by atoms with E-state index in [2.05, 4.69) is 73.6 Å². The van der Waals surface area contributed by atoms with Crippen LogP contribution in [0.4, 0.5) is 0 Å². The summed E-state index contributed by atoms with van der Waals surface area (Å²) in [5.41, 5.74) is 1.09. The summed E-state index contributed by atoms with van der Waals surface area (Å²) in [6.07, 6.45) is 2.01. The van der Waals surface area contributed by atoms with Gasteiger partial charge in [-0.2, -0.15) is 0 Å². The molecule has 2 saturated heterocycles. The lowest BCUT2D eigenvalue weighted by Crippen LogP contribution is -2.63. The van der Waals surface area contributed by atoms with E-state index in [0.29, 0.717) is 13.1 Å². The second kappa shape index (κ2) is 9.07. The summed E-state index contributed by atoms with van der Waals surface area (Å²) < 4.78 is 0. The van der Waals surface area contributed by atoms with Crippen LogP contribution in [0, 0.1) is 0 Å². The third-order valence-corrected chi connectivity index (χ3v) is 7.12. The molecular formula is C27H38N4O2. The standard InChI is InChI=1S/C27H38N4O2/c1-26(2)16-22(17-27(3,4)29-26)30(5)24(32)15-23-25(33)28-12-13-31(23)18-19-10-11-20-8-6-7-9-21(20)14-19/h6-11,14,22-23,29H,12-13,15-18H2,1-5H3,(H,28,33)/t23-/m0/s1. The zero-order valence-electron chi connectivity index (χ0n) is 20.6. The fraction of sp³-hybridized carbons (Fsp3) is 0.556. The predicted octanol–water partition coefficient (Wildman–Crippen LogP) is 3.30. The van der Waals surface area contributed by atoms with Crippen molar-refractivity contribution in [3.05, 3.63) is 48.0 Å². The van der Waals surface area contributed by atoms with Gasteiger partial charge in [0.1, 0.15) is 0 Å². The van der Waals surface area contributed by atoms with E-state index in [0.717, 1.165) is 24.9 Å². The van der Waals surface area contributed by atoms with E-state index >= 15 is 0 Å². The van der Waals surface area contributed by atoms with Crippen LogP contribution in [0.15, 0.2) is 42.5 Å². The number of piperidine rings is 1. The number of fused-ring (bicyclic) bond motifs is 1. The van der Waals surface area contributed by atoms with Crippen LogP contribution in [0.3, 0.4) is 0 Å². The largest absolute Gasteiger partial charge is 0.353 e. The molecule has 178 valence electrons. The van der Waals surface area contributed by atoms with Gasteiger partial charge in [-0.05, 0) is 62.9 Å². The number of hydrogen-bond donors (Lipinski definition) is 2. The van der Waals surface area contributed by atoms with Gasteiger partial charge >= 0.3 is 0 Å². The zero-order valence-corrected chi connectivity index (χ0v) is 20.6. The first-order valence-electron chi connectivity index (χ1n) is 12.1. The summed E-state index contributed by atoms with van der Waals surface area (Å²) in [6, 6.07) is 14.5. The molecule has 2 N–H and O–H groups in total. The second-order valence-corrected chi connectivity index (χ2v) is 11.1. The quantitative estimate of drug-likeness (QED) is 0.734. The van der Waals surface area contributed by atoms with Crippen molar-refractivity contribution in [1.29, 1.82) is 0 Å². The molecule has 2 aliphatic rings. The summed E-state index contributed by atoms with van der Waals surface area (Å²) in [7, 11) is 1.90. The van der Waals surface area contributed by atoms with Crippen molar-refractivity contribution in [2.45, 2.75) is 76.7 Å². The van der Waals surface area contributed by atoms with Crippen molar-refractivity contribution in [2.24, 2.45) is 0 Å². The molecule has 2 aromatic carbocycles. The Kier molecular flexibility index (Phi) is 6.52. The van der Waals surface area contributed by atoms with Gasteiger partial charge in [-0.3, -0.25) is 14.5 Å². The fourth-order valence-electron chi connectivity index (χ4n) is 5.80. The topological polar surface area (TPSA) is 64.7 Å². The molecule has 0 bridgehead atoms. The van der Waals surface area contributed by atoms with Gasteiger partial charge in [0.15, 0.2) is 0 Å².